The normalized spacial score (nSPS) is 11.6. The van der Waals surface area contributed by atoms with Crippen LogP contribution in [-0.2, 0) is 11.3 Å². The van der Waals surface area contributed by atoms with Crippen molar-refractivity contribution in [1.29, 1.82) is 0 Å². The van der Waals surface area contributed by atoms with Crippen LogP contribution >= 0.6 is 0 Å². The molecule has 112 valence electrons. The first-order valence-electron chi connectivity index (χ1n) is 5.93. The fourth-order valence-electron chi connectivity index (χ4n) is 1.61. The molecule has 1 rings (SSSR count). The molecule has 1 aromatic rings. The number of alkyl halides is 4. The quantitative estimate of drug-likeness (QED) is 0.755. The zero-order valence-corrected chi connectivity index (χ0v) is 11.1. The molecule has 0 aliphatic carbocycles. The van der Waals surface area contributed by atoms with Gasteiger partial charge in [-0.1, -0.05) is 18.2 Å². The number of nitrogens with zero attached hydrogens (tertiary/aromatic N) is 1. The molecule has 0 radical (unpaired) electrons. The highest BCUT2D eigenvalue weighted by atomic mass is 19.3. The average Bonchev–Trinajstić information content (AvgIpc) is 2.40. The zero-order chi connectivity index (χ0) is 15.3. The van der Waals surface area contributed by atoms with Gasteiger partial charge in [-0.25, -0.2) is 8.78 Å². The number of benzene rings is 1. The van der Waals surface area contributed by atoms with Gasteiger partial charge in [-0.2, -0.15) is 8.78 Å². The summed E-state index contributed by atoms with van der Waals surface area (Å²) in [5, 5.41) is 0. The van der Waals surface area contributed by atoms with Crippen molar-refractivity contribution in [3.05, 3.63) is 29.8 Å². The summed E-state index contributed by atoms with van der Waals surface area (Å²) in [7, 11) is 1.04. The number of hydrogen-bond acceptors (Lipinski definition) is 2. The maximum absolute atomic E-state index is 13.0. The van der Waals surface area contributed by atoms with Gasteiger partial charge in [0, 0.05) is 19.2 Å². The molecule has 0 N–H and O–H groups in total. The van der Waals surface area contributed by atoms with Crippen LogP contribution in [0.25, 0.3) is 0 Å². The standard InChI is InChI=1S/C13H15F4NO2/c1-3-20-10-7-5-4-6-9(10)8-18(2)12(19)13(16,17)11(14)15/h4-7,11H,3,8H2,1-2H3. The van der Waals surface area contributed by atoms with Crippen LogP contribution in [0.3, 0.4) is 0 Å². The molecule has 0 saturated carbocycles. The topological polar surface area (TPSA) is 29.5 Å². The number of para-hydroxylation sites is 1. The second kappa shape index (κ2) is 6.58. The van der Waals surface area contributed by atoms with Gasteiger partial charge in [0.2, 0.25) is 0 Å². The van der Waals surface area contributed by atoms with Crippen LogP contribution < -0.4 is 4.74 Å². The second-order valence-corrected chi connectivity index (χ2v) is 4.13. The van der Waals surface area contributed by atoms with E-state index in [-0.39, 0.29) is 6.54 Å². The smallest absolute Gasteiger partial charge is 0.383 e. The summed E-state index contributed by atoms with van der Waals surface area (Å²) in [4.78, 5) is 11.9. The molecule has 0 spiro atoms. The molecular formula is C13H15F4NO2. The summed E-state index contributed by atoms with van der Waals surface area (Å²) in [6, 6.07) is 6.52. The maximum Gasteiger partial charge on any atom is 0.383 e. The van der Waals surface area contributed by atoms with Gasteiger partial charge in [0.25, 0.3) is 5.91 Å². The summed E-state index contributed by atoms with van der Waals surface area (Å²) in [5.41, 5.74) is 0.468. The lowest BCUT2D eigenvalue weighted by atomic mass is 10.2. The van der Waals surface area contributed by atoms with Gasteiger partial charge in [0.05, 0.1) is 6.61 Å². The molecule has 1 amide bonds. The highest BCUT2D eigenvalue weighted by molar-refractivity contribution is 5.83. The van der Waals surface area contributed by atoms with Crippen LogP contribution in [0.1, 0.15) is 12.5 Å². The summed E-state index contributed by atoms with van der Waals surface area (Å²) in [6.45, 7) is 1.87. The van der Waals surface area contributed by atoms with E-state index < -0.39 is 18.3 Å². The molecule has 0 aliphatic rings. The summed E-state index contributed by atoms with van der Waals surface area (Å²) >= 11 is 0. The molecule has 0 bridgehead atoms. The van der Waals surface area contributed by atoms with Crippen LogP contribution in [0, 0.1) is 0 Å². The van der Waals surface area contributed by atoms with E-state index in [9.17, 15) is 22.4 Å². The first kappa shape index (κ1) is 16.3. The first-order chi connectivity index (χ1) is 9.30. The minimum atomic E-state index is -4.69. The van der Waals surface area contributed by atoms with Crippen LogP contribution in [-0.4, -0.2) is 36.8 Å². The van der Waals surface area contributed by atoms with Crippen molar-refractivity contribution in [2.24, 2.45) is 0 Å². The molecule has 1 aromatic carbocycles. The van der Waals surface area contributed by atoms with Crippen molar-refractivity contribution < 1.29 is 27.1 Å². The number of halogens is 4. The van der Waals surface area contributed by atoms with E-state index in [1.165, 1.54) is 0 Å². The van der Waals surface area contributed by atoms with Crippen LogP contribution in [0.5, 0.6) is 5.75 Å². The van der Waals surface area contributed by atoms with E-state index in [1.54, 1.807) is 31.2 Å². The largest absolute Gasteiger partial charge is 0.494 e. The lowest BCUT2D eigenvalue weighted by molar-refractivity contribution is -0.179. The zero-order valence-electron chi connectivity index (χ0n) is 11.1. The Morgan fingerprint density at radius 2 is 1.95 bits per heavy atom. The van der Waals surface area contributed by atoms with Crippen LogP contribution in [0.2, 0.25) is 0 Å². The maximum atomic E-state index is 13.0. The number of carbonyl (C=O) groups excluding carboxylic acids is 1. The minimum absolute atomic E-state index is 0.239. The van der Waals surface area contributed by atoms with Crippen LogP contribution in [0.4, 0.5) is 17.6 Å². The Labute approximate surface area is 114 Å². The predicted molar refractivity (Wildman–Crippen MR) is 65.0 cm³/mol. The highest BCUT2D eigenvalue weighted by Crippen LogP contribution is 2.27. The number of carbonyl (C=O) groups is 1. The number of amides is 1. The molecule has 7 heteroatoms. The van der Waals surface area contributed by atoms with Crippen molar-refractivity contribution in [3.8, 4) is 5.75 Å². The Hall–Kier alpha value is -1.79. The molecule has 0 unspecified atom stereocenters. The fraction of sp³-hybridized carbons (Fsp3) is 0.462. The lowest BCUT2D eigenvalue weighted by Crippen LogP contribution is -2.45. The fourth-order valence-corrected chi connectivity index (χ4v) is 1.61. The van der Waals surface area contributed by atoms with Crippen LogP contribution in [0.15, 0.2) is 24.3 Å². The third kappa shape index (κ3) is 3.61. The van der Waals surface area contributed by atoms with Gasteiger partial charge in [0.1, 0.15) is 5.75 Å². The van der Waals surface area contributed by atoms with Crippen molar-refractivity contribution >= 4 is 5.91 Å². The van der Waals surface area contributed by atoms with Crippen molar-refractivity contribution in [2.75, 3.05) is 13.7 Å². The summed E-state index contributed by atoms with van der Waals surface area (Å²) in [5.74, 6) is -6.18. The number of ether oxygens (including phenoxy) is 1. The molecule has 0 atom stereocenters. The Bertz CT molecular complexity index is 465. The van der Waals surface area contributed by atoms with Gasteiger partial charge in [-0.15, -0.1) is 0 Å². The monoisotopic (exact) mass is 293 g/mol. The van der Waals surface area contributed by atoms with E-state index in [0.717, 1.165) is 7.05 Å². The Kier molecular flexibility index (Phi) is 5.35. The SMILES string of the molecule is CCOc1ccccc1CN(C)C(=O)C(F)(F)C(F)F. The van der Waals surface area contributed by atoms with Gasteiger partial charge in [-0.3, -0.25) is 4.79 Å². The molecule has 0 heterocycles. The highest BCUT2D eigenvalue weighted by Gasteiger charge is 2.50. The van der Waals surface area contributed by atoms with Crippen molar-refractivity contribution in [3.63, 3.8) is 0 Å². The molecule has 0 aliphatic heterocycles. The van der Waals surface area contributed by atoms with E-state index in [2.05, 4.69) is 0 Å². The van der Waals surface area contributed by atoms with Gasteiger partial charge in [0.15, 0.2) is 0 Å². The Balaban J connectivity index is 2.86. The second-order valence-electron chi connectivity index (χ2n) is 4.13. The number of rotatable bonds is 6. The first-order valence-corrected chi connectivity index (χ1v) is 5.93. The van der Waals surface area contributed by atoms with E-state index in [0.29, 0.717) is 22.8 Å². The number of hydrogen-bond donors (Lipinski definition) is 0. The molecule has 0 aromatic heterocycles. The lowest BCUT2D eigenvalue weighted by Gasteiger charge is -2.23. The summed E-state index contributed by atoms with van der Waals surface area (Å²) < 4.78 is 55.5. The van der Waals surface area contributed by atoms with Crippen molar-refractivity contribution in [1.82, 2.24) is 4.90 Å². The molecule has 0 fully saturated rings. The predicted octanol–water partition coefficient (Wildman–Crippen LogP) is 2.94. The average molecular weight is 293 g/mol. The molecule has 20 heavy (non-hydrogen) atoms. The van der Waals surface area contributed by atoms with Gasteiger partial charge in [-0.05, 0) is 13.0 Å². The van der Waals surface area contributed by atoms with E-state index in [1.807, 2.05) is 0 Å². The van der Waals surface area contributed by atoms with Crippen molar-refractivity contribution in [2.45, 2.75) is 25.8 Å². The molecule has 0 saturated heterocycles. The third-order valence-electron chi connectivity index (χ3n) is 2.59. The van der Waals surface area contributed by atoms with E-state index >= 15 is 0 Å². The Morgan fingerprint density at radius 3 is 2.50 bits per heavy atom. The molecular weight excluding hydrogens is 278 g/mol. The molecule has 3 nitrogen and oxygen atoms in total. The van der Waals surface area contributed by atoms with Gasteiger partial charge < -0.3 is 9.64 Å². The minimum Gasteiger partial charge on any atom is -0.494 e. The van der Waals surface area contributed by atoms with Gasteiger partial charge >= 0.3 is 12.3 Å². The van der Waals surface area contributed by atoms with E-state index in [4.69, 9.17) is 4.74 Å². The third-order valence-corrected chi connectivity index (χ3v) is 2.59. The summed E-state index contributed by atoms with van der Waals surface area (Å²) in [6.07, 6.45) is -4.03. The Morgan fingerprint density at radius 1 is 1.35 bits per heavy atom.